The molecule has 0 saturated carbocycles. The van der Waals surface area contributed by atoms with Crippen molar-refractivity contribution in [1.29, 1.82) is 5.26 Å². The van der Waals surface area contributed by atoms with Crippen LogP contribution < -0.4 is 5.32 Å². The summed E-state index contributed by atoms with van der Waals surface area (Å²) in [5.74, 6) is 0.864. The highest BCUT2D eigenvalue weighted by molar-refractivity contribution is 8.93. The van der Waals surface area contributed by atoms with Crippen molar-refractivity contribution in [1.82, 2.24) is 10.2 Å². The predicted octanol–water partition coefficient (Wildman–Crippen LogP) is 2.72. The predicted molar refractivity (Wildman–Crippen MR) is 98.8 cm³/mol. The van der Waals surface area contributed by atoms with Crippen LogP contribution in [0.25, 0.3) is 0 Å². The number of aliphatic imine (C=N–C) groups is 1. The van der Waals surface area contributed by atoms with Gasteiger partial charge in [-0.25, -0.2) is 4.99 Å². The molecule has 0 radical (unpaired) electrons. The number of nitrogens with one attached hydrogen (secondary N) is 1. The number of thioether (sulfide) groups is 1. The Hall–Kier alpha value is -1.07. The summed E-state index contributed by atoms with van der Waals surface area (Å²) in [5.41, 5.74) is 1.90. The van der Waals surface area contributed by atoms with Gasteiger partial charge < -0.3 is 10.1 Å². The molecule has 1 saturated heterocycles. The lowest BCUT2D eigenvalue weighted by Crippen LogP contribution is -2.44. The third kappa shape index (κ3) is 5.50. The smallest absolute Gasteiger partial charge is 0.159 e. The third-order valence-corrected chi connectivity index (χ3v) is 4.84. The lowest BCUT2D eigenvalue weighted by molar-refractivity contribution is 0.0717. The van der Waals surface area contributed by atoms with Gasteiger partial charge in [-0.2, -0.15) is 5.26 Å². The number of ether oxygens (including phenoxy) is 1. The van der Waals surface area contributed by atoms with Crippen LogP contribution in [-0.2, 0) is 10.5 Å². The summed E-state index contributed by atoms with van der Waals surface area (Å²) in [4.78, 5) is 6.87. The fraction of sp³-hybridized carbons (Fsp3) is 0.500. The standard InChI is InChI=1S/C16H20N4OS.BrH/c17-8-13-3-5-14(6-4-13)10-22-16-18-11-20(12-19-16)9-15-2-1-7-21-15;/h3-6,15H,1-2,7,9-12H2,(H,18,19);1H. The first-order valence-electron chi connectivity index (χ1n) is 7.57. The fourth-order valence-electron chi connectivity index (χ4n) is 2.57. The maximum atomic E-state index is 8.79. The van der Waals surface area contributed by atoms with Gasteiger partial charge in [0.05, 0.1) is 31.1 Å². The maximum Gasteiger partial charge on any atom is 0.159 e. The maximum absolute atomic E-state index is 8.79. The largest absolute Gasteiger partial charge is 0.377 e. The van der Waals surface area contributed by atoms with E-state index in [2.05, 4.69) is 21.3 Å². The van der Waals surface area contributed by atoms with Gasteiger partial charge in [0.1, 0.15) is 0 Å². The van der Waals surface area contributed by atoms with Crippen LogP contribution in [-0.4, -0.2) is 42.7 Å². The van der Waals surface area contributed by atoms with Gasteiger partial charge in [-0.05, 0) is 30.5 Å². The first-order valence-corrected chi connectivity index (χ1v) is 8.56. The van der Waals surface area contributed by atoms with Crippen molar-refractivity contribution in [2.24, 2.45) is 4.99 Å². The van der Waals surface area contributed by atoms with Gasteiger partial charge in [-0.15, -0.1) is 17.0 Å². The lowest BCUT2D eigenvalue weighted by atomic mass is 10.2. The zero-order valence-electron chi connectivity index (χ0n) is 12.9. The van der Waals surface area contributed by atoms with Crippen LogP contribution in [0.3, 0.4) is 0 Å². The van der Waals surface area contributed by atoms with Crippen molar-refractivity contribution in [3.8, 4) is 6.07 Å². The first-order chi connectivity index (χ1) is 10.8. The Morgan fingerprint density at radius 2 is 2.22 bits per heavy atom. The van der Waals surface area contributed by atoms with Crippen LogP contribution >= 0.6 is 28.7 Å². The second-order valence-electron chi connectivity index (χ2n) is 5.53. The van der Waals surface area contributed by atoms with E-state index in [0.717, 1.165) is 37.4 Å². The van der Waals surface area contributed by atoms with E-state index in [0.29, 0.717) is 11.7 Å². The zero-order valence-corrected chi connectivity index (χ0v) is 15.4. The van der Waals surface area contributed by atoms with E-state index >= 15 is 0 Å². The van der Waals surface area contributed by atoms with Crippen molar-refractivity contribution in [3.05, 3.63) is 35.4 Å². The van der Waals surface area contributed by atoms with E-state index in [1.807, 2.05) is 24.3 Å². The minimum absolute atomic E-state index is 0. The Labute approximate surface area is 151 Å². The van der Waals surface area contributed by atoms with Crippen molar-refractivity contribution < 1.29 is 4.74 Å². The highest BCUT2D eigenvalue weighted by Gasteiger charge is 2.20. The van der Waals surface area contributed by atoms with Gasteiger partial charge in [0, 0.05) is 18.9 Å². The second-order valence-corrected chi connectivity index (χ2v) is 6.49. The SMILES string of the molecule is Br.N#Cc1ccc(CSC2=NCN(CC3CCCO3)CN2)cc1. The van der Waals surface area contributed by atoms with Crippen molar-refractivity contribution >= 4 is 33.9 Å². The molecular weight excluding hydrogens is 376 g/mol. The molecule has 124 valence electrons. The van der Waals surface area contributed by atoms with E-state index < -0.39 is 0 Å². The zero-order chi connectivity index (χ0) is 15.2. The molecule has 0 spiro atoms. The Balaban J connectivity index is 0.00000192. The molecule has 2 aliphatic rings. The summed E-state index contributed by atoms with van der Waals surface area (Å²) in [6, 6.07) is 9.85. The second kappa shape index (κ2) is 9.28. The highest BCUT2D eigenvalue weighted by atomic mass is 79.9. The Morgan fingerprint density at radius 1 is 1.39 bits per heavy atom. The van der Waals surface area contributed by atoms with Gasteiger partial charge in [-0.3, -0.25) is 4.90 Å². The van der Waals surface area contributed by atoms with Gasteiger partial charge in [0.25, 0.3) is 0 Å². The monoisotopic (exact) mass is 396 g/mol. The van der Waals surface area contributed by atoms with Crippen molar-refractivity contribution in [2.75, 3.05) is 26.5 Å². The molecule has 23 heavy (non-hydrogen) atoms. The molecule has 1 atom stereocenters. The number of hydrogen-bond donors (Lipinski definition) is 1. The molecule has 1 aromatic carbocycles. The molecule has 1 fully saturated rings. The molecule has 0 bridgehead atoms. The van der Waals surface area contributed by atoms with E-state index in [-0.39, 0.29) is 17.0 Å². The molecule has 2 aliphatic heterocycles. The molecule has 0 aromatic heterocycles. The van der Waals surface area contributed by atoms with Gasteiger partial charge in [0.15, 0.2) is 5.17 Å². The van der Waals surface area contributed by atoms with Gasteiger partial charge in [0.2, 0.25) is 0 Å². The molecule has 1 aromatic rings. The van der Waals surface area contributed by atoms with Crippen LogP contribution in [0.4, 0.5) is 0 Å². The third-order valence-electron chi connectivity index (χ3n) is 3.81. The van der Waals surface area contributed by atoms with Crippen molar-refractivity contribution in [3.63, 3.8) is 0 Å². The average molecular weight is 397 g/mol. The van der Waals surface area contributed by atoms with E-state index in [1.165, 1.54) is 18.4 Å². The molecule has 5 nitrogen and oxygen atoms in total. The number of rotatable bonds is 4. The van der Waals surface area contributed by atoms with Crippen LogP contribution in [0.1, 0.15) is 24.0 Å². The highest BCUT2D eigenvalue weighted by Crippen LogP contribution is 2.17. The number of nitriles is 1. The molecule has 1 unspecified atom stereocenters. The summed E-state index contributed by atoms with van der Waals surface area (Å²) in [6.07, 6.45) is 2.73. The number of benzene rings is 1. The molecule has 1 N–H and O–H groups in total. The Morgan fingerprint density at radius 3 is 2.83 bits per heavy atom. The molecular formula is C16H21BrN4OS. The lowest BCUT2D eigenvalue weighted by Gasteiger charge is -2.28. The number of nitrogens with zero attached hydrogens (tertiary/aromatic N) is 3. The van der Waals surface area contributed by atoms with Crippen LogP contribution in [0.15, 0.2) is 29.3 Å². The normalized spacial score (nSPS) is 21.0. The Bertz CT molecular complexity index is 566. The van der Waals surface area contributed by atoms with Crippen LogP contribution in [0.5, 0.6) is 0 Å². The molecule has 0 amide bonds. The van der Waals surface area contributed by atoms with E-state index in [9.17, 15) is 0 Å². The quantitative estimate of drug-likeness (QED) is 0.847. The summed E-state index contributed by atoms with van der Waals surface area (Å²) < 4.78 is 5.66. The topological polar surface area (TPSA) is 60.7 Å². The summed E-state index contributed by atoms with van der Waals surface area (Å²) >= 11 is 1.71. The van der Waals surface area contributed by atoms with Crippen molar-refractivity contribution in [2.45, 2.75) is 24.7 Å². The van der Waals surface area contributed by atoms with Gasteiger partial charge >= 0.3 is 0 Å². The number of hydrogen-bond acceptors (Lipinski definition) is 6. The number of halogens is 1. The minimum Gasteiger partial charge on any atom is -0.377 e. The average Bonchev–Trinajstić information content (AvgIpc) is 3.08. The molecule has 7 heteroatoms. The first kappa shape index (κ1) is 18.3. The van der Waals surface area contributed by atoms with Crippen LogP contribution in [0, 0.1) is 11.3 Å². The fourth-order valence-corrected chi connectivity index (χ4v) is 3.38. The van der Waals surface area contributed by atoms with E-state index in [4.69, 9.17) is 10.00 Å². The summed E-state index contributed by atoms with van der Waals surface area (Å²) in [7, 11) is 0. The minimum atomic E-state index is 0. The number of amidine groups is 1. The van der Waals surface area contributed by atoms with Crippen LogP contribution in [0.2, 0.25) is 0 Å². The van der Waals surface area contributed by atoms with E-state index in [1.54, 1.807) is 11.8 Å². The summed E-state index contributed by atoms with van der Waals surface area (Å²) in [5, 5.41) is 13.2. The van der Waals surface area contributed by atoms with Gasteiger partial charge in [-0.1, -0.05) is 23.9 Å². The molecule has 0 aliphatic carbocycles. The summed E-state index contributed by atoms with van der Waals surface area (Å²) in [6.45, 7) is 3.44. The molecule has 3 rings (SSSR count). The Kier molecular flexibility index (Phi) is 7.37. The molecule has 2 heterocycles.